The molecule has 2 fully saturated rings. The Balaban J connectivity index is 1.24. The lowest BCUT2D eigenvalue weighted by atomic mass is 9.82. The molecule has 204 valence electrons. The molecular formula is C37H41NSSi. The predicted molar refractivity (Wildman–Crippen MR) is 178 cm³/mol. The molecule has 2 aromatic heterocycles. The lowest BCUT2D eigenvalue weighted by molar-refractivity contribution is 0.596. The molecule has 0 N–H and O–H groups in total. The Bertz CT molecular complexity index is 1690. The van der Waals surface area contributed by atoms with Gasteiger partial charge in [-0.25, -0.2) is 0 Å². The summed E-state index contributed by atoms with van der Waals surface area (Å²) in [5, 5.41) is 3.96. The first kappa shape index (κ1) is 26.2. The Morgan fingerprint density at radius 1 is 0.800 bits per heavy atom. The molecule has 1 spiro atoms. The summed E-state index contributed by atoms with van der Waals surface area (Å²) in [6, 6.07) is 31.8. The zero-order valence-electron chi connectivity index (χ0n) is 24.5. The zero-order chi connectivity index (χ0) is 27.5. The number of benzene rings is 3. The molecule has 0 unspecified atom stereocenters. The zero-order valence-corrected chi connectivity index (χ0v) is 26.3. The third-order valence-corrected chi connectivity index (χ3v) is 17.0. The van der Waals surface area contributed by atoms with Gasteiger partial charge in [0.15, 0.2) is 0 Å². The minimum Gasteiger partial charge on any atom is -0.255 e. The van der Waals surface area contributed by atoms with Gasteiger partial charge in [0, 0.05) is 16.6 Å². The topological polar surface area (TPSA) is 12.9 Å². The normalized spacial score (nSPS) is 17.8. The molecule has 2 aliphatic heterocycles. The van der Waals surface area contributed by atoms with Crippen LogP contribution in [0.2, 0.25) is 24.2 Å². The average Bonchev–Trinajstić information content (AvgIpc) is 3.56. The summed E-state index contributed by atoms with van der Waals surface area (Å²) in [5.74, 6) is 0.775. The van der Waals surface area contributed by atoms with E-state index in [0.29, 0.717) is 0 Å². The van der Waals surface area contributed by atoms with Crippen molar-refractivity contribution in [2.24, 2.45) is 0 Å². The summed E-state index contributed by atoms with van der Waals surface area (Å²) in [6.45, 7) is 9.22. The number of rotatable bonds is 3. The Morgan fingerprint density at radius 3 is 2.25 bits per heavy atom. The molecule has 4 heterocycles. The van der Waals surface area contributed by atoms with E-state index >= 15 is 0 Å². The van der Waals surface area contributed by atoms with Crippen LogP contribution in [0.1, 0.15) is 69.1 Å². The van der Waals surface area contributed by atoms with Gasteiger partial charge in [-0.1, -0.05) is 106 Å². The fourth-order valence-electron chi connectivity index (χ4n) is 7.79. The van der Waals surface area contributed by atoms with Crippen molar-refractivity contribution in [3.8, 4) is 21.7 Å². The lowest BCUT2D eigenvalue weighted by Crippen LogP contribution is -2.34. The number of aryl methyl sites for hydroxylation is 1. The van der Waals surface area contributed by atoms with Crippen molar-refractivity contribution in [1.29, 1.82) is 0 Å². The van der Waals surface area contributed by atoms with Gasteiger partial charge in [-0.2, -0.15) is 0 Å². The number of pyridine rings is 1. The Labute approximate surface area is 244 Å². The van der Waals surface area contributed by atoms with Gasteiger partial charge in [-0.3, -0.25) is 4.98 Å². The third-order valence-electron chi connectivity index (χ3n) is 10.2. The Kier molecular flexibility index (Phi) is 6.51. The fourth-order valence-corrected chi connectivity index (χ4v) is 14.5. The molecule has 0 bridgehead atoms. The second-order valence-corrected chi connectivity index (χ2v) is 19.7. The van der Waals surface area contributed by atoms with E-state index in [0.717, 1.165) is 11.6 Å². The van der Waals surface area contributed by atoms with Crippen LogP contribution in [0.15, 0.2) is 72.9 Å². The van der Waals surface area contributed by atoms with Gasteiger partial charge >= 0.3 is 0 Å². The van der Waals surface area contributed by atoms with Gasteiger partial charge < -0.3 is 0 Å². The van der Waals surface area contributed by atoms with Crippen molar-refractivity contribution >= 4 is 40.3 Å². The highest BCUT2D eigenvalue weighted by Crippen LogP contribution is 2.48. The predicted octanol–water partition coefficient (Wildman–Crippen LogP) is 11.5. The molecule has 0 atom stereocenters. The van der Waals surface area contributed by atoms with E-state index < -0.39 is 8.07 Å². The molecule has 3 aromatic carbocycles. The highest BCUT2D eigenvalue weighted by atomic mass is 32.1. The quantitative estimate of drug-likeness (QED) is 0.200. The first-order chi connectivity index (χ1) is 19.3. The maximum Gasteiger partial charge on any atom is 0.0880 e. The Hall–Kier alpha value is -2.75. The highest BCUT2D eigenvalue weighted by molar-refractivity contribution is 7.23. The summed E-state index contributed by atoms with van der Waals surface area (Å²) < 4.78 is 1.30. The lowest BCUT2D eigenvalue weighted by Gasteiger charge is -2.35. The van der Waals surface area contributed by atoms with Gasteiger partial charge in [0.25, 0.3) is 0 Å². The summed E-state index contributed by atoms with van der Waals surface area (Å²) in [5.41, 5.74) is 8.06. The number of aromatic nitrogens is 1. The first-order valence-corrected chi connectivity index (χ1v) is 19.0. The molecule has 2 aliphatic rings. The van der Waals surface area contributed by atoms with E-state index in [1.54, 1.807) is 29.7 Å². The molecular weight excluding hydrogens is 519 g/mol. The van der Waals surface area contributed by atoms with Crippen molar-refractivity contribution in [1.82, 2.24) is 4.98 Å². The van der Waals surface area contributed by atoms with Gasteiger partial charge in [-0.05, 0) is 87.7 Å². The van der Waals surface area contributed by atoms with Crippen LogP contribution in [0.3, 0.4) is 0 Å². The van der Waals surface area contributed by atoms with Crippen molar-refractivity contribution in [3.05, 3.63) is 89.6 Å². The SMILES string of the molecule is Cc1c(-c2ccc(C3CC[Si]4(CCCC4)CC3)cc2)sc2c(-c3cc(C(C)(C)C)c4ccccc4c3)nccc12. The van der Waals surface area contributed by atoms with Crippen LogP contribution >= 0.6 is 11.3 Å². The second kappa shape index (κ2) is 9.96. The summed E-state index contributed by atoms with van der Waals surface area (Å²) in [6.07, 6.45) is 7.92. The van der Waals surface area contributed by atoms with Crippen LogP contribution in [-0.2, 0) is 5.41 Å². The van der Waals surface area contributed by atoms with Gasteiger partial charge in [0.1, 0.15) is 0 Å². The number of nitrogens with zero attached hydrogens (tertiary/aromatic N) is 1. The molecule has 40 heavy (non-hydrogen) atoms. The number of hydrogen-bond donors (Lipinski definition) is 0. The fraction of sp³-hybridized carbons (Fsp3) is 0.378. The monoisotopic (exact) mass is 559 g/mol. The Morgan fingerprint density at radius 2 is 1.52 bits per heavy atom. The molecule has 0 saturated carbocycles. The first-order valence-electron chi connectivity index (χ1n) is 15.3. The molecule has 1 nitrogen and oxygen atoms in total. The molecule has 5 aromatic rings. The van der Waals surface area contributed by atoms with Crippen molar-refractivity contribution < 1.29 is 0 Å². The van der Waals surface area contributed by atoms with E-state index in [9.17, 15) is 0 Å². The van der Waals surface area contributed by atoms with Crippen LogP contribution in [0.4, 0.5) is 0 Å². The van der Waals surface area contributed by atoms with Crippen LogP contribution in [0.25, 0.3) is 42.6 Å². The second-order valence-electron chi connectivity index (χ2n) is 13.7. The number of thiophene rings is 1. The summed E-state index contributed by atoms with van der Waals surface area (Å²) >= 11 is 1.91. The molecule has 7 rings (SSSR count). The molecule has 0 aliphatic carbocycles. The van der Waals surface area contributed by atoms with Crippen LogP contribution in [0.5, 0.6) is 0 Å². The minimum absolute atomic E-state index is 0.0555. The minimum atomic E-state index is -0.852. The van der Waals surface area contributed by atoms with Gasteiger partial charge in [0.05, 0.1) is 18.5 Å². The third kappa shape index (κ3) is 4.56. The van der Waals surface area contributed by atoms with E-state index in [1.807, 2.05) is 17.5 Å². The number of hydrogen-bond acceptors (Lipinski definition) is 2. The van der Waals surface area contributed by atoms with Crippen LogP contribution in [0, 0.1) is 6.92 Å². The summed E-state index contributed by atoms with van der Waals surface area (Å²) in [4.78, 5) is 6.36. The van der Waals surface area contributed by atoms with Crippen LogP contribution in [-0.4, -0.2) is 13.1 Å². The van der Waals surface area contributed by atoms with Crippen molar-refractivity contribution in [2.45, 2.75) is 88.9 Å². The summed E-state index contributed by atoms with van der Waals surface area (Å²) in [7, 11) is -0.852. The maximum absolute atomic E-state index is 4.97. The number of fused-ring (bicyclic) bond motifs is 2. The largest absolute Gasteiger partial charge is 0.255 e. The van der Waals surface area contributed by atoms with E-state index in [4.69, 9.17) is 4.98 Å². The average molecular weight is 560 g/mol. The highest BCUT2D eigenvalue weighted by Gasteiger charge is 2.39. The molecule has 0 amide bonds. The van der Waals surface area contributed by atoms with Gasteiger partial charge in [0.2, 0.25) is 0 Å². The molecule has 3 heteroatoms. The van der Waals surface area contributed by atoms with E-state index in [2.05, 4.69) is 94.4 Å². The van der Waals surface area contributed by atoms with Crippen LogP contribution < -0.4 is 0 Å². The van der Waals surface area contributed by atoms with Gasteiger partial charge in [-0.15, -0.1) is 11.3 Å². The maximum atomic E-state index is 4.97. The molecule has 0 radical (unpaired) electrons. The molecule has 2 saturated heterocycles. The van der Waals surface area contributed by atoms with E-state index in [1.165, 1.54) is 73.7 Å². The van der Waals surface area contributed by atoms with Crippen molar-refractivity contribution in [2.75, 3.05) is 0 Å². The standard InChI is InChI=1S/C37H41NSSi/c1-25-31-15-18-38-34(30-23-29-9-5-6-10-32(29)33(24-30)37(2,3)4)36(31)39-35(25)28-13-11-26(12-14-28)27-16-21-40(22-17-27)19-7-8-20-40/h5-6,9-15,18,23-24,27H,7-8,16-17,19-22H2,1-4H3. The van der Waals surface area contributed by atoms with Crippen molar-refractivity contribution in [3.63, 3.8) is 0 Å². The van der Waals surface area contributed by atoms with E-state index in [-0.39, 0.29) is 5.41 Å². The smallest absolute Gasteiger partial charge is 0.0880 e.